The minimum Gasteiger partial charge on any atom is -0.468 e. The molecule has 1 saturated carbocycles. The number of nitrogens with one attached hydrogen (secondary N) is 1. The van der Waals surface area contributed by atoms with Gasteiger partial charge in [0.05, 0.1) is 6.04 Å². The Labute approximate surface area is 134 Å². The lowest BCUT2D eigenvalue weighted by molar-refractivity contribution is -0.137. The van der Waals surface area contributed by atoms with Crippen LogP contribution in [0.2, 0.25) is 5.02 Å². The maximum Gasteiger partial charge on any atom is 0.205 e. The lowest BCUT2D eigenvalue weighted by Crippen LogP contribution is -2.53. The summed E-state index contributed by atoms with van der Waals surface area (Å²) in [6.45, 7) is 0.977. The molecule has 1 saturated heterocycles. The van der Waals surface area contributed by atoms with Crippen LogP contribution in [0.5, 0.6) is 0 Å². The second-order valence-corrected chi connectivity index (χ2v) is 6.71. The number of hydrogen-bond donors (Lipinski definition) is 1. The molecule has 116 valence electrons. The first kappa shape index (κ1) is 14.2. The van der Waals surface area contributed by atoms with Crippen LogP contribution in [0.4, 0.5) is 0 Å². The Kier molecular flexibility index (Phi) is 3.46. The Bertz CT molecular complexity index is 639. The molecule has 4 rings (SSSR count). The van der Waals surface area contributed by atoms with Gasteiger partial charge in [0.15, 0.2) is 11.6 Å². The Hall–Kier alpha value is -1.39. The number of aliphatic imine (C=N–C) groups is 1. The summed E-state index contributed by atoms with van der Waals surface area (Å²) < 4.78 is 5.93. The number of ketones is 1. The molecule has 3 aliphatic rings. The number of nitrogens with zero attached hydrogens (tertiary/aromatic N) is 1. The highest BCUT2D eigenvalue weighted by atomic mass is 35.5. The van der Waals surface area contributed by atoms with Crippen LogP contribution in [0.1, 0.15) is 37.7 Å². The van der Waals surface area contributed by atoms with E-state index in [0.717, 1.165) is 37.8 Å². The smallest absolute Gasteiger partial charge is 0.205 e. The maximum atomic E-state index is 12.9. The predicted octanol–water partition coefficient (Wildman–Crippen LogP) is 2.84. The number of Topliss-reactive ketones (excluding diaryl/α,β-unsaturated/α-hetero) is 1. The molecule has 1 N–H and O–H groups in total. The molecule has 0 radical (unpaired) electrons. The van der Waals surface area contributed by atoms with E-state index in [1.807, 2.05) is 24.3 Å². The van der Waals surface area contributed by atoms with Crippen LogP contribution in [0.3, 0.4) is 0 Å². The number of carbonyl (C=O) groups excluding carboxylic acids is 1. The molecule has 2 fully saturated rings. The summed E-state index contributed by atoms with van der Waals surface area (Å²) >= 11 is 6.39. The lowest BCUT2D eigenvalue weighted by Gasteiger charge is -2.42. The van der Waals surface area contributed by atoms with E-state index in [4.69, 9.17) is 21.3 Å². The van der Waals surface area contributed by atoms with Gasteiger partial charge in [-0.15, -0.1) is 0 Å². The van der Waals surface area contributed by atoms with E-state index in [2.05, 4.69) is 5.32 Å². The SMILES string of the molecule is O=C1C2CCCC1(c1ccccc1Cl)N=C(C1CCCN1)O2. The van der Waals surface area contributed by atoms with E-state index >= 15 is 0 Å². The van der Waals surface area contributed by atoms with Gasteiger partial charge in [0, 0.05) is 10.6 Å². The quantitative estimate of drug-likeness (QED) is 0.912. The Morgan fingerprint density at radius 2 is 2.14 bits per heavy atom. The van der Waals surface area contributed by atoms with E-state index in [9.17, 15) is 4.79 Å². The van der Waals surface area contributed by atoms with Gasteiger partial charge in [-0.3, -0.25) is 4.79 Å². The monoisotopic (exact) mass is 318 g/mol. The van der Waals surface area contributed by atoms with Gasteiger partial charge in [0.25, 0.3) is 0 Å². The van der Waals surface area contributed by atoms with Crippen molar-refractivity contribution in [3.05, 3.63) is 34.9 Å². The van der Waals surface area contributed by atoms with Crippen molar-refractivity contribution >= 4 is 23.3 Å². The summed E-state index contributed by atoms with van der Waals surface area (Å²) in [5.74, 6) is 0.760. The van der Waals surface area contributed by atoms with Crippen molar-refractivity contribution in [2.24, 2.45) is 4.99 Å². The van der Waals surface area contributed by atoms with Crippen LogP contribution in [-0.4, -0.2) is 30.4 Å². The van der Waals surface area contributed by atoms with Gasteiger partial charge in [0.2, 0.25) is 11.7 Å². The molecule has 0 aromatic heterocycles. The van der Waals surface area contributed by atoms with Crippen molar-refractivity contribution < 1.29 is 9.53 Å². The van der Waals surface area contributed by atoms with E-state index in [0.29, 0.717) is 17.3 Å². The average molecular weight is 319 g/mol. The van der Waals surface area contributed by atoms with Gasteiger partial charge in [-0.1, -0.05) is 29.8 Å². The van der Waals surface area contributed by atoms with Crippen LogP contribution >= 0.6 is 11.6 Å². The predicted molar refractivity (Wildman–Crippen MR) is 85.3 cm³/mol. The fraction of sp³-hybridized carbons (Fsp3) is 0.529. The number of fused-ring (bicyclic) bond motifs is 2. The number of halogens is 1. The molecule has 3 atom stereocenters. The third-order valence-corrected chi connectivity index (χ3v) is 5.28. The second kappa shape index (κ2) is 5.36. The molecule has 4 nitrogen and oxygen atoms in total. The van der Waals surface area contributed by atoms with E-state index < -0.39 is 5.54 Å². The summed E-state index contributed by atoms with van der Waals surface area (Å²) in [4.78, 5) is 17.8. The molecule has 5 heteroatoms. The molecule has 2 bridgehead atoms. The zero-order valence-corrected chi connectivity index (χ0v) is 13.1. The third-order valence-electron chi connectivity index (χ3n) is 4.95. The van der Waals surface area contributed by atoms with E-state index in [1.54, 1.807) is 0 Å². The minimum absolute atomic E-state index is 0.0635. The highest BCUT2D eigenvalue weighted by Crippen LogP contribution is 2.44. The van der Waals surface area contributed by atoms with Gasteiger partial charge in [-0.05, 0) is 44.7 Å². The topological polar surface area (TPSA) is 50.7 Å². The molecular weight excluding hydrogens is 300 g/mol. The average Bonchev–Trinajstić information content (AvgIpc) is 3.02. The van der Waals surface area contributed by atoms with Crippen molar-refractivity contribution in [1.29, 1.82) is 0 Å². The first-order chi connectivity index (χ1) is 10.7. The van der Waals surface area contributed by atoms with Gasteiger partial charge < -0.3 is 10.1 Å². The van der Waals surface area contributed by atoms with Gasteiger partial charge in [-0.25, -0.2) is 4.99 Å². The molecule has 0 amide bonds. The summed E-state index contributed by atoms with van der Waals surface area (Å²) in [5, 5.41) is 4.03. The summed E-state index contributed by atoms with van der Waals surface area (Å²) in [6.07, 6.45) is 4.17. The van der Waals surface area contributed by atoms with Crippen molar-refractivity contribution in [2.45, 2.75) is 49.8 Å². The van der Waals surface area contributed by atoms with Crippen LogP contribution in [-0.2, 0) is 15.1 Å². The molecule has 2 aliphatic heterocycles. The van der Waals surface area contributed by atoms with Crippen LogP contribution in [0, 0.1) is 0 Å². The highest BCUT2D eigenvalue weighted by Gasteiger charge is 2.52. The number of carbonyl (C=O) groups is 1. The molecule has 22 heavy (non-hydrogen) atoms. The first-order valence-electron chi connectivity index (χ1n) is 8.00. The largest absolute Gasteiger partial charge is 0.468 e. The molecule has 3 unspecified atom stereocenters. The standard InChI is InChI=1S/C17H19ClN2O2/c18-12-6-2-1-5-11(12)17-9-3-8-14(15(17)21)22-16(20-17)13-7-4-10-19-13/h1-2,5-6,13-14,19H,3-4,7-10H2. The van der Waals surface area contributed by atoms with E-state index in [1.165, 1.54) is 0 Å². The minimum atomic E-state index is -0.848. The van der Waals surface area contributed by atoms with E-state index in [-0.39, 0.29) is 17.9 Å². The summed E-state index contributed by atoms with van der Waals surface area (Å²) in [5.41, 5.74) is -0.0239. The molecule has 1 aliphatic carbocycles. The fourth-order valence-electron chi connectivity index (χ4n) is 3.83. The zero-order valence-electron chi connectivity index (χ0n) is 12.3. The second-order valence-electron chi connectivity index (χ2n) is 6.30. The first-order valence-corrected chi connectivity index (χ1v) is 8.38. The molecular formula is C17H19ClN2O2. The van der Waals surface area contributed by atoms with Gasteiger partial charge in [-0.2, -0.15) is 0 Å². The molecule has 2 heterocycles. The number of rotatable bonds is 2. The number of benzene rings is 1. The zero-order chi connectivity index (χ0) is 15.2. The molecule has 1 aromatic carbocycles. The van der Waals surface area contributed by atoms with Crippen molar-refractivity contribution in [1.82, 2.24) is 5.32 Å². The van der Waals surface area contributed by atoms with Crippen LogP contribution < -0.4 is 5.32 Å². The van der Waals surface area contributed by atoms with Gasteiger partial charge in [0.1, 0.15) is 0 Å². The molecule has 1 aromatic rings. The third kappa shape index (κ3) is 2.09. The van der Waals surface area contributed by atoms with Crippen molar-refractivity contribution in [2.75, 3.05) is 6.54 Å². The Morgan fingerprint density at radius 3 is 2.91 bits per heavy atom. The Morgan fingerprint density at radius 1 is 1.27 bits per heavy atom. The van der Waals surface area contributed by atoms with Crippen molar-refractivity contribution in [3.8, 4) is 0 Å². The molecule has 0 spiro atoms. The highest BCUT2D eigenvalue weighted by molar-refractivity contribution is 6.32. The number of hydrogen-bond acceptors (Lipinski definition) is 4. The number of ether oxygens (including phenoxy) is 1. The normalized spacial score (nSPS) is 34.2. The van der Waals surface area contributed by atoms with Crippen molar-refractivity contribution in [3.63, 3.8) is 0 Å². The maximum absolute atomic E-state index is 12.9. The fourth-order valence-corrected chi connectivity index (χ4v) is 4.12. The van der Waals surface area contributed by atoms with Gasteiger partial charge >= 0.3 is 0 Å². The van der Waals surface area contributed by atoms with Crippen LogP contribution in [0.15, 0.2) is 29.3 Å². The summed E-state index contributed by atoms with van der Waals surface area (Å²) in [6, 6.07) is 7.70. The summed E-state index contributed by atoms with van der Waals surface area (Å²) in [7, 11) is 0. The Balaban J connectivity index is 1.84. The van der Waals surface area contributed by atoms with Crippen LogP contribution in [0.25, 0.3) is 0 Å². The lowest BCUT2D eigenvalue weighted by atomic mass is 9.73.